The second kappa shape index (κ2) is 8.94. The van der Waals surface area contributed by atoms with Gasteiger partial charge >= 0.3 is 0 Å². The maximum Gasteiger partial charge on any atom is 0.261 e. The Morgan fingerprint density at radius 1 is 1.03 bits per heavy atom. The molecule has 32 heavy (non-hydrogen) atoms. The summed E-state index contributed by atoms with van der Waals surface area (Å²) < 4.78 is 1.82. The maximum absolute atomic E-state index is 12.9. The number of aryl methyl sites for hydroxylation is 2. The van der Waals surface area contributed by atoms with Gasteiger partial charge in [-0.3, -0.25) is 14.2 Å². The Balaban J connectivity index is 1.26. The van der Waals surface area contributed by atoms with Gasteiger partial charge in [0.25, 0.3) is 11.5 Å². The van der Waals surface area contributed by atoms with Crippen molar-refractivity contribution in [1.29, 1.82) is 0 Å². The van der Waals surface area contributed by atoms with E-state index < -0.39 is 0 Å². The molecule has 0 saturated heterocycles. The Hall–Kier alpha value is -3.48. The summed E-state index contributed by atoms with van der Waals surface area (Å²) in [7, 11) is 0. The van der Waals surface area contributed by atoms with Crippen LogP contribution < -0.4 is 10.9 Å². The Labute approximate surface area is 185 Å². The summed E-state index contributed by atoms with van der Waals surface area (Å²) in [5, 5.41) is 3.55. The number of benzene rings is 2. The summed E-state index contributed by atoms with van der Waals surface area (Å²) >= 11 is 0. The molecule has 164 valence electrons. The Morgan fingerprint density at radius 2 is 1.91 bits per heavy atom. The molecule has 2 aromatic carbocycles. The standard InChI is InChI=1S/C25H27N5O2/c31-24(26-14-7-10-22-27-19-8-4-5-9-20(19)28-22)17-12-13-18-21(16-17)29-23-11-3-1-2-6-15-30(23)25(18)32/h4-5,8-9,12-13,16H,1-3,6-7,10-11,14-15H2,(H,26,31)(H,27,28). The van der Waals surface area contributed by atoms with E-state index in [-0.39, 0.29) is 11.5 Å². The Bertz CT molecular complexity index is 1300. The van der Waals surface area contributed by atoms with Gasteiger partial charge in [0.1, 0.15) is 11.6 Å². The van der Waals surface area contributed by atoms with E-state index in [1.165, 1.54) is 6.42 Å². The van der Waals surface area contributed by atoms with E-state index in [0.29, 0.717) is 23.0 Å². The number of rotatable bonds is 5. The van der Waals surface area contributed by atoms with Gasteiger partial charge in [0, 0.05) is 31.5 Å². The van der Waals surface area contributed by atoms with E-state index in [9.17, 15) is 9.59 Å². The van der Waals surface area contributed by atoms with Crippen LogP contribution in [0.2, 0.25) is 0 Å². The van der Waals surface area contributed by atoms with Crippen LogP contribution in [0.15, 0.2) is 47.3 Å². The van der Waals surface area contributed by atoms with Gasteiger partial charge in [0.15, 0.2) is 0 Å². The third kappa shape index (κ3) is 4.15. The maximum atomic E-state index is 12.9. The summed E-state index contributed by atoms with van der Waals surface area (Å²) in [6.07, 6.45) is 6.73. The molecule has 1 aliphatic rings. The van der Waals surface area contributed by atoms with Gasteiger partial charge in [0.2, 0.25) is 0 Å². The van der Waals surface area contributed by atoms with E-state index in [1.807, 2.05) is 28.8 Å². The zero-order valence-corrected chi connectivity index (χ0v) is 18.1. The van der Waals surface area contributed by atoms with Crippen molar-refractivity contribution >= 4 is 27.8 Å². The van der Waals surface area contributed by atoms with Gasteiger partial charge in [-0.15, -0.1) is 0 Å². The van der Waals surface area contributed by atoms with Crippen LogP contribution in [0.4, 0.5) is 0 Å². The molecule has 4 aromatic rings. The quantitative estimate of drug-likeness (QED) is 0.473. The number of nitrogens with one attached hydrogen (secondary N) is 2. The molecule has 1 aliphatic heterocycles. The molecule has 0 spiro atoms. The third-order valence-corrected chi connectivity index (χ3v) is 6.14. The van der Waals surface area contributed by atoms with Crippen LogP contribution in [-0.4, -0.2) is 32.0 Å². The highest BCUT2D eigenvalue weighted by atomic mass is 16.1. The fourth-order valence-electron chi connectivity index (χ4n) is 4.42. The number of carbonyl (C=O) groups excluding carboxylic acids is 1. The highest BCUT2D eigenvalue weighted by Gasteiger charge is 2.15. The van der Waals surface area contributed by atoms with E-state index in [4.69, 9.17) is 4.98 Å². The molecule has 0 unspecified atom stereocenters. The largest absolute Gasteiger partial charge is 0.352 e. The molecule has 5 rings (SSSR count). The van der Waals surface area contributed by atoms with Crippen molar-refractivity contribution in [2.45, 2.75) is 51.5 Å². The molecule has 2 aromatic heterocycles. The number of H-pyrrole nitrogens is 1. The minimum absolute atomic E-state index is 0.00435. The average Bonchev–Trinajstić information content (AvgIpc) is 3.20. The van der Waals surface area contributed by atoms with Gasteiger partial charge < -0.3 is 10.3 Å². The highest BCUT2D eigenvalue weighted by Crippen LogP contribution is 2.17. The molecule has 1 amide bonds. The van der Waals surface area contributed by atoms with Crippen molar-refractivity contribution in [3.8, 4) is 0 Å². The van der Waals surface area contributed by atoms with Crippen molar-refractivity contribution < 1.29 is 4.79 Å². The minimum atomic E-state index is -0.148. The molecule has 2 N–H and O–H groups in total. The first-order valence-corrected chi connectivity index (χ1v) is 11.4. The second-order valence-electron chi connectivity index (χ2n) is 8.44. The van der Waals surface area contributed by atoms with Crippen LogP contribution in [-0.2, 0) is 19.4 Å². The predicted molar refractivity (Wildman–Crippen MR) is 125 cm³/mol. The molecule has 0 bridgehead atoms. The molecular formula is C25H27N5O2. The lowest BCUT2D eigenvalue weighted by Gasteiger charge is -2.16. The number of hydrogen-bond acceptors (Lipinski definition) is 4. The molecular weight excluding hydrogens is 402 g/mol. The van der Waals surface area contributed by atoms with E-state index in [0.717, 1.165) is 67.8 Å². The van der Waals surface area contributed by atoms with Crippen molar-refractivity contribution in [3.63, 3.8) is 0 Å². The van der Waals surface area contributed by atoms with Crippen molar-refractivity contribution in [3.05, 3.63) is 70.0 Å². The van der Waals surface area contributed by atoms with Crippen LogP contribution >= 0.6 is 0 Å². The Morgan fingerprint density at radius 3 is 2.81 bits per heavy atom. The van der Waals surface area contributed by atoms with E-state index >= 15 is 0 Å². The van der Waals surface area contributed by atoms with E-state index in [2.05, 4.69) is 15.3 Å². The third-order valence-electron chi connectivity index (χ3n) is 6.14. The molecule has 3 heterocycles. The second-order valence-corrected chi connectivity index (χ2v) is 8.44. The number of nitrogens with zero attached hydrogens (tertiary/aromatic N) is 3. The van der Waals surface area contributed by atoms with Gasteiger partial charge in [-0.1, -0.05) is 25.0 Å². The summed E-state index contributed by atoms with van der Waals surface area (Å²) in [6.45, 7) is 1.28. The number of amides is 1. The zero-order valence-electron chi connectivity index (χ0n) is 18.1. The fraction of sp³-hybridized carbons (Fsp3) is 0.360. The van der Waals surface area contributed by atoms with Gasteiger partial charge in [-0.2, -0.15) is 0 Å². The van der Waals surface area contributed by atoms with Crippen molar-refractivity contribution in [2.24, 2.45) is 0 Å². The molecule has 0 saturated carbocycles. The number of aromatic nitrogens is 4. The van der Waals surface area contributed by atoms with Crippen LogP contribution in [0.5, 0.6) is 0 Å². The van der Waals surface area contributed by atoms with Crippen LogP contribution in [0.1, 0.15) is 54.1 Å². The zero-order chi connectivity index (χ0) is 21.9. The summed E-state index contributed by atoms with van der Waals surface area (Å²) in [5.41, 5.74) is 3.13. The number of fused-ring (bicyclic) bond motifs is 3. The van der Waals surface area contributed by atoms with Crippen LogP contribution in [0.25, 0.3) is 21.9 Å². The number of aromatic amines is 1. The predicted octanol–water partition coefficient (Wildman–Crippen LogP) is 3.75. The van der Waals surface area contributed by atoms with Crippen LogP contribution in [0.3, 0.4) is 0 Å². The van der Waals surface area contributed by atoms with Gasteiger partial charge in [-0.25, -0.2) is 9.97 Å². The lowest BCUT2D eigenvalue weighted by molar-refractivity contribution is 0.0953. The lowest BCUT2D eigenvalue weighted by atomic mass is 10.1. The summed E-state index contributed by atoms with van der Waals surface area (Å²) in [6, 6.07) is 13.1. The monoisotopic (exact) mass is 429 g/mol. The van der Waals surface area contributed by atoms with Crippen LogP contribution in [0, 0.1) is 0 Å². The highest BCUT2D eigenvalue weighted by molar-refractivity contribution is 5.97. The van der Waals surface area contributed by atoms with Gasteiger partial charge in [0.05, 0.1) is 21.9 Å². The first-order chi connectivity index (χ1) is 15.7. The SMILES string of the molecule is O=C(NCCCc1nc2ccccc2[nH]1)c1ccc2c(=O)n3c(nc2c1)CCCCCC3. The molecule has 0 radical (unpaired) electrons. The van der Waals surface area contributed by atoms with Gasteiger partial charge in [-0.05, 0) is 49.6 Å². The molecule has 7 nitrogen and oxygen atoms in total. The van der Waals surface area contributed by atoms with Crippen molar-refractivity contribution in [1.82, 2.24) is 24.8 Å². The topological polar surface area (TPSA) is 92.7 Å². The first kappa shape index (κ1) is 20.4. The number of hydrogen-bond donors (Lipinski definition) is 2. The first-order valence-electron chi connectivity index (χ1n) is 11.4. The number of imidazole rings is 1. The number of carbonyl (C=O) groups is 1. The Kier molecular flexibility index (Phi) is 5.71. The molecule has 0 fully saturated rings. The van der Waals surface area contributed by atoms with Crippen molar-refractivity contribution in [2.75, 3.05) is 6.54 Å². The molecule has 7 heteroatoms. The lowest BCUT2D eigenvalue weighted by Crippen LogP contribution is -2.27. The van der Waals surface area contributed by atoms with E-state index in [1.54, 1.807) is 18.2 Å². The summed E-state index contributed by atoms with van der Waals surface area (Å²) in [4.78, 5) is 38.2. The number of para-hydroxylation sites is 2. The fourth-order valence-corrected chi connectivity index (χ4v) is 4.42. The smallest absolute Gasteiger partial charge is 0.261 e. The normalized spacial score (nSPS) is 14.1. The average molecular weight is 430 g/mol. The molecule has 0 atom stereocenters. The molecule has 0 aliphatic carbocycles. The minimum Gasteiger partial charge on any atom is -0.352 e. The summed E-state index contributed by atoms with van der Waals surface area (Å²) in [5.74, 6) is 1.61.